The van der Waals surface area contributed by atoms with Crippen LogP contribution in [0.15, 0.2) is 48.8 Å². The van der Waals surface area contributed by atoms with Gasteiger partial charge in [0.1, 0.15) is 6.04 Å². The molecule has 0 fully saturated rings. The molecule has 1 unspecified atom stereocenters. The van der Waals surface area contributed by atoms with Gasteiger partial charge in [-0.2, -0.15) is 5.48 Å². The minimum absolute atomic E-state index is 0.258. The molecule has 0 radical (unpaired) electrons. The molecule has 0 bridgehead atoms. The lowest BCUT2D eigenvalue weighted by Gasteiger charge is -2.15. The van der Waals surface area contributed by atoms with Gasteiger partial charge in [0.15, 0.2) is 5.78 Å². The van der Waals surface area contributed by atoms with Crippen molar-refractivity contribution in [2.24, 2.45) is 0 Å². The van der Waals surface area contributed by atoms with Crippen molar-refractivity contribution in [2.45, 2.75) is 6.04 Å². The van der Waals surface area contributed by atoms with Crippen molar-refractivity contribution in [1.29, 1.82) is 0 Å². The zero-order valence-corrected chi connectivity index (χ0v) is 10.1. The number of Topliss-reactive ketones (excluding diaryl/α,β-unsaturated/α-hetero) is 1. The fourth-order valence-corrected chi connectivity index (χ4v) is 1.89. The number of pyridine rings is 1. The maximum absolute atomic E-state index is 12.2. The van der Waals surface area contributed by atoms with E-state index in [1.54, 1.807) is 30.3 Å². The smallest absolute Gasteiger partial charge is 0.186 e. The van der Waals surface area contributed by atoms with Crippen LogP contribution in [0.2, 0.25) is 5.02 Å². The molecule has 2 N–H and O–H groups in total. The van der Waals surface area contributed by atoms with E-state index < -0.39 is 6.04 Å². The summed E-state index contributed by atoms with van der Waals surface area (Å²) in [5.74, 6) is -0.258. The Kier molecular flexibility index (Phi) is 4.04. The van der Waals surface area contributed by atoms with E-state index in [2.05, 4.69) is 4.98 Å². The Morgan fingerprint density at radius 2 is 2.00 bits per heavy atom. The van der Waals surface area contributed by atoms with Crippen LogP contribution in [0.5, 0.6) is 0 Å². The number of hydroxylamine groups is 1. The highest BCUT2D eigenvalue weighted by molar-refractivity contribution is 6.31. The molecule has 1 aromatic carbocycles. The van der Waals surface area contributed by atoms with Crippen molar-refractivity contribution in [2.75, 3.05) is 0 Å². The maximum atomic E-state index is 12.2. The first-order chi connectivity index (χ1) is 8.74. The molecule has 0 aliphatic carbocycles. The zero-order valence-electron chi connectivity index (χ0n) is 9.38. The maximum Gasteiger partial charge on any atom is 0.186 e. The van der Waals surface area contributed by atoms with Crippen molar-refractivity contribution in [3.63, 3.8) is 0 Å². The van der Waals surface area contributed by atoms with E-state index in [1.165, 1.54) is 12.4 Å². The van der Waals surface area contributed by atoms with Crippen LogP contribution in [0.1, 0.15) is 22.0 Å². The van der Waals surface area contributed by atoms with E-state index in [4.69, 9.17) is 11.6 Å². The molecule has 92 valence electrons. The molecular weight excluding hydrogens is 252 g/mol. The summed E-state index contributed by atoms with van der Waals surface area (Å²) in [4.78, 5) is 16.1. The van der Waals surface area contributed by atoms with Gasteiger partial charge in [0.25, 0.3) is 0 Å². The van der Waals surface area contributed by atoms with Crippen LogP contribution in [-0.2, 0) is 0 Å². The first-order valence-electron chi connectivity index (χ1n) is 5.32. The topological polar surface area (TPSA) is 62.2 Å². The van der Waals surface area contributed by atoms with Gasteiger partial charge >= 0.3 is 0 Å². The highest BCUT2D eigenvalue weighted by atomic mass is 35.5. The van der Waals surface area contributed by atoms with Gasteiger partial charge < -0.3 is 5.21 Å². The van der Waals surface area contributed by atoms with Crippen molar-refractivity contribution < 1.29 is 10.0 Å². The van der Waals surface area contributed by atoms with Gasteiger partial charge in [-0.1, -0.05) is 41.9 Å². The van der Waals surface area contributed by atoms with E-state index in [9.17, 15) is 10.0 Å². The molecule has 2 rings (SSSR count). The molecule has 0 saturated heterocycles. The Balaban J connectivity index is 2.36. The minimum atomic E-state index is -0.900. The summed E-state index contributed by atoms with van der Waals surface area (Å²) in [6, 6.07) is 9.40. The second-order valence-corrected chi connectivity index (χ2v) is 4.10. The summed E-state index contributed by atoms with van der Waals surface area (Å²) < 4.78 is 0. The average molecular weight is 263 g/mol. The van der Waals surface area contributed by atoms with Crippen molar-refractivity contribution in [3.8, 4) is 0 Å². The molecule has 5 heteroatoms. The lowest BCUT2D eigenvalue weighted by atomic mass is 9.99. The van der Waals surface area contributed by atoms with Crippen molar-refractivity contribution in [1.82, 2.24) is 10.5 Å². The van der Waals surface area contributed by atoms with Crippen LogP contribution in [0.25, 0.3) is 0 Å². The zero-order chi connectivity index (χ0) is 13.0. The van der Waals surface area contributed by atoms with Gasteiger partial charge in [0, 0.05) is 23.5 Å². The number of carbonyl (C=O) groups is 1. The lowest BCUT2D eigenvalue weighted by Crippen LogP contribution is -2.26. The number of ketones is 1. The third-order valence-electron chi connectivity index (χ3n) is 2.56. The van der Waals surface area contributed by atoms with Crippen LogP contribution in [0.4, 0.5) is 0 Å². The summed E-state index contributed by atoms with van der Waals surface area (Å²) in [6.45, 7) is 0. The number of halogens is 1. The Morgan fingerprint density at radius 1 is 1.28 bits per heavy atom. The Morgan fingerprint density at radius 3 is 2.61 bits per heavy atom. The van der Waals surface area contributed by atoms with E-state index in [1.807, 2.05) is 11.5 Å². The predicted octanol–water partition coefficient (Wildman–Crippen LogP) is 2.64. The highest BCUT2D eigenvalue weighted by Gasteiger charge is 2.23. The number of carbonyl (C=O) groups excluding carboxylic acids is 1. The van der Waals surface area contributed by atoms with Crippen LogP contribution < -0.4 is 5.48 Å². The second-order valence-electron chi connectivity index (χ2n) is 3.69. The summed E-state index contributed by atoms with van der Waals surface area (Å²) >= 11 is 5.96. The minimum Gasteiger partial charge on any atom is -0.316 e. The third kappa shape index (κ3) is 2.56. The molecule has 0 saturated carbocycles. The van der Waals surface area contributed by atoms with Crippen LogP contribution in [0.3, 0.4) is 0 Å². The first-order valence-corrected chi connectivity index (χ1v) is 5.70. The lowest BCUT2D eigenvalue weighted by molar-refractivity contribution is 0.0764. The Hall–Kier alpha value is -1.75. The van der Waals surface area contributed by atoms with Crippen molar-refractivity contribution in [3.05, 3.63) is 64.9 Å². The van der Waals surface area contributed by atoms with Crippen LogP contribution >= 0.6 is 11.6 Å². The molecule has 1 atom stereocenters. The predicted molar refractivity (Wildman–Crippen MR) is 67.7 cm³/mol. The Bertz CT molecular complexity index is 546. The van der Waals surface area contributed by atoms with Crippen LogP contribution in [-0.4, -0.2) is 16.0 Å². The number of rotatable bonds is 4. The molecule has 1 aromatic heterocycles. The molecular formula is C13H11ClN2O2. The normalized spacial score (nSPS) is 12.1. The standard InChI is InChI=1S/C13H11ClN2O2/c14-11-8-15-7-6-10(11)12(16-18)13(17)9-4-2-1-3-5-9/h1-8,12,16,18H. The quantitative estimate of drug-likeness (QED) is 0.657. The van der Waals surface area contributed by atoms with Gasteiger partial charge in [-0.25, -0.2) is 0 Å². The number of benzene rings is 1. The number of nitrogens with zero attached hydrogens (tertiary/aromatic N) is 1. The van der Waals surface area contributed by atoms with Gasteiger partial charge in [0.2, 0.25) is 0 Å². The average Bonchev–Trinajstić information content (AvgIpc) is 2.42. The molecule has 2 aromatic rings. The van der Waals surface area contributed by atoms with Gasteiger partial charge in [-0.3, -0.25) is 9.78 Å². The van der Waals surface area contributed by atoms with Gasteiger partial charge in [0.05, 0.1) is 5.02 Å². The molecule has 4 nitrogen and oxygen atoms in total. The van der Waals surface area contributed by atoms with Gasteiger partial charge in [-0.15, -0.1) is 0 Å². The Labute approximate surface area is 109 Å². The fourth-order valence-electron chi connectivity index (χ4n) is 1.66. The van der Waals surface area contributed by atoms with Gasteiger partial charge in [-0.05, 0) is 6.07 Å². The summed E-state index contributed by atoms with van der Waals surface area (Å²) in [5.41, 5.74) is 2.98. The molecule has 0 spiro atoms. The molecule has 0 aliphatic heterocycles. The van der Waals surface area contributed by atoms with E-state index in [0.717, 1.165) is 0 Å². The summed E-state index contributed by atoms with van der Waals surface area (Å²) in [6.07, 6.45) is 2.95. The first kappa shape index (κ1) is 12.7. The molecule has 18 heavy (non-hydrogen) atoms. The summed E-state index contributed by atoms with van der Waals surface area (Å²) in [5, 5.41) is 9.51. The second kappa shape index (κ2) is 5.73. The van der Waals surface area contributed by atoms with E-state index in [0.29, 0.717) is 16.1 Å². The fraction of sp³-hybridized carbons (Fsp3) is 0.0769. The van der Waals surface area contributed by atoms with E-state index in [-0.39, 0.29) is 5.78 Å². The number of nitrogens with one attached hydrogen (secondary N) is 1. The summed E-state index contributed by atoms with van der Waals surface area (Å²) in [7, 11) is 0. The molecule has 0 amide bonds. The van der Waals surface area contributed by atoms with Crippen molar-refractivity contribution >= 4 is 17.4 Å². The highest BCUT2D eigenvalue weighted by Crippen LogP contribution is 2.24. The number of aromatic nitrogens is 1. The molecule has 0 aliphatic rings. The largest absolute Gasteiger partial charge is 0.316 e. The molecule has 1 heterocycles. The monoisotopic (exact) mass is 262 g/mol. The third-order valence-corrected chi connectivity index (χ3v) is 2.88. The SMILES string of the molecule is O=C(c1ccccc1)C(NO)c1ccncc1Cl. The van der Waals surface area contributed by atoms with Crippen LogP contribution in [0, 0.1) is 0 Å². The number of hydrogen-bond acceptors (Lipinski definition) is 4. The van der Waals surface area contributed by atoms with E-state index >= 15 is 0 Å². The number of hydrogen-bond donors (Lipinski definition) is 2.